The van der Waals surface area contributed by atoms with E-state index in [0.717, 1.165) is 37.6 Å². The highest BCUT2D eigenvalue weighted by molar-refractivity contribution is 5.40. The minimum Gasteiger partial charge on any atom is -0.377 e. The summed E-state index contributed by atoms with van der Waals surface area (Å²) >= 11 is 0. The lowest BCUT2D eigenvalue weighted by molar-refractivity contribution is 0.178. The number of aromatic nitrogens is 4. The van der Waals surface area contributed by atoms with E-state index in [-0.39, 0.29) is 5.56 Å². The molecule has 2 N–H and O–H groups in total. The van der Waals surface area contributed by atoms with Crippen molar-refractivity contribution in [2.24, 2.45) is 0 Å². The van der Waals surface area contributed by atoms with Crippen LogP contribution >= 0.6 is 0 Å². The quantitative estimate of drug-likeness (QED) is 0.821. The number of aromatic amines is 1. The van der Waals surface area contributed by atoms with Gasteiger partial charge in [0.1, 0.15) is 18.2 Å². The van der Waals surface area contributed by atoms with E-state index in [1.165, 1.54) is 12.5 Å². The summed E-state index contributed by atoms with van der Waals surface area (Å²) in [6.45, 7) is 2.08. The average molecular weight is 330 g/mol. The predicted octanol–water partition coefficient (Wildman–Crippen LogP) is 1.18. The van der Waals surface area contributed by atoms with Crippen LogP contribution in [0.5, 0.6) is 0 Å². The van der Waals surface area contributed by atoms with Gasteiger partial charge in [-0.25, -0.2) is 15.1 Å². The van der Waals surface area contributed by atoms with Crippen molar-refractivity contribution in [1.29, 1.82) is 0 Å². The Morgan fingerprint density at radius 2 is 2.29 bits per heavy atom. The van der Waals surface area contributed by atoms with E-state index in [1.807, 2.05) is 6.07 Å². The van der Waals surface area contributed by atoms with Crippen molar-refractivity contribution >= 4 is 11.6 Å². The van der Waals surface area contributed by atoms with E-state index in [0.29, 0.717) is 18.5 Å². The molecule has 0 bridgehead atoms. The molecule has 8 heteroatoms. The van der Waals surface area contributed by atoms with Crippen LogP contribution in [0.2, 0.25) is 0 Å². The van der Waals surface area contributed by atoms with Gasteiger partial charge in [-0.15, -0.1) is 0 Å². The van der Waals surface area contributed by atoms with Gasteiger partial charge in [-0.2, -0.15) is 5.10 Å². The summed E-state index contributed by atoms with van der Waals surface area (Å²) < 4.78 is 5.06. The first-order valence-electron chi connectivity index (χ1n) is 8.13. The average Bonchev–Trinajstić information content (AvgIpc) is 2.62. The van der Waals surface area contributed by atoms with Gasteiger partial charge in [-0.1, -0.05) is 0 Å². The lowest BCUT2D eigenvalue weighted by atomic mass is 10.0. The Kier molecular flexibility index (Phi) is 5.37. The number of hydrogen-bond acceptors (Lipinski definition) is 7. The van der Waals surface area contributed by atoms with Crippen LogP contribution in [-0.2, 0) is 11.3 Å². The molecule has 0 spiro atoms. The minimum absolute atomic E-state index is 0.183. The molecule has 1 aliphatic heterocycles. The molecule has 1 fully saturated rings. The van der Waals surface area contributed by atoms with Gasteiger partial charge in [0.05, 0.1) is 0 Å². The van der Waals surface area contributed by atoms with Crippen molar-refractivity contribution in [3.8, 4) is 0 Å². The Morgan fingerprint density at radius 3 is 3.08 bits per heavy atom. The summed E-state index contributed by atoms with van der Waals surface area (Å²) in [4.78, 5) is 22.0. The third-order valence-electron chi connectivity index (χ3n) is 4.08. The molecule has 1 atom stereocenters. The predicted molar refractivity (Wildman–Crippen MR) is 91.1 cm³/mol. The topological polar surface area (TPSA) is 96.0 Å². The summed E-state index contributed by atoms with van der Waals surface area (Å²) in [6, 6.07) is 5.45. The number of nitrogens with one attached hydrogen (secondary N) is 2. The van der Waals surface area contributed by atoms with Crippen molar-refractivity contribution < 1.29 is 4.74 Å². The van der Waals surface area contributed by atoms with Crippen LogP contribution in [0.15, 0.2) is 29.2 Å². The molecule has 1 aliphatic rings. The van der Waals surface area contributed by atoms with E-state index in [2.05, 4.69) is 30.4 Å². The molecule has 0 saturated carbocycles. The van der Waals surface area contributed by atoms with E-state index in [9.17, 15) is 4.79 Å². The van der Waals surface area contributed by atoms with Gasteiger partial charge in [-0.3, -0.25) is 4.79 Å². The molecule has 24 heavy (non-hydrogen) atoms. The van der Waals surface area contributed by atoms with Crippen LogP contribution < -0.4 is 15.8 Å². The number of piperidine rings is 1. The Balaban J connectivity index is 1.66. The lowest BCUT2D eigenvalue weighted by Gasteiger charge is -2.36. The Hall–Kier alpha value is -2.48. The molecule has 2 aromatic rings. The fourth-order valence-electron chi connectivity index (χ4n) is 2.93. The summed E-state index contributed by atoms with van der Waals surface area (Å²) in [6.07, 6.45) is 5.11. The van der Waals surface area contributed by atoms with Crippen LogP contribution in [-0.4, -0.2) is 46.4 Å². The third-order valence-corrected chi connectivity index (χ3v) is 4.08. The van der Waals surface area contributed by atoms with Crippen molar-refractivity contribution in [3.05, 3.63) is 40.6 Å². The maximum Gasteiger partial charge on any atom is 0.264 e. The summed E-state index contributed by atoms with van der Waals surface area (Å²) in [5, 5.41) is 10.1. The second kappa shape index (κ2) is 7.87. The lowest BCUT2D eigenvalue weighted by Crippen LogP contribution is -2.44. The van der Waals surface area contributed by atoms with Gasteiger partial charge in [0.15, 0.2) is 5.82 Å². The minimum atomic E-state index is -0.183. The monoisotopic (exact) mass is 330 g/mol. The molecule has 0 radical (unpaired) electrons. The third kappa shape index (κ3) is 4.08. The molecule has 128 valence electrons. The highest BCUT2D eigenvalue weighted by Crippen LogP contribution is 2.22. The number of H-pyrrole nitrogens is 1. The van der Waals surface area contributed by atoms with Crippen LogP contribution in [0.1, 0.15) is 25.1 Å². The number of methoxy groups -OCH3 is 1. The molecule has 3 heterocycles. The molecule has 1 unspecified atom stereocenters. The fourth-order valence-corrected chi connectivity index (χ4v) is 2.93. The van der Waals surface area contributed by atoms with Gasteiger partial charge in [0, 0.05) is 38.5 Å². The van der Waals surface area contributed by atoms with Gasteiger partial charge >= 0.3 is 0 Å². The number of nitrogens with zero attached hydrogens (tertiary/aromatic N) is 4. The second-order valence-corrected chi connectivity index (χ2v) is 5.79. The smallest absolute Gasteiger partial charge is 0.264 e. The molecule has 2 aromatic heterocycles. The standard InChI is InChI=1S/C16H22N6O2/c1-24-11-14-17-8-7-13(19-14)18-10-12-4-2-3-9-22(12)15-5-6-16(23)21-20-15/h5-8,12H,2-4,9-11H2,1H3,(H,21,23)(H,17,18,19). The first-order chi connectivity index (χ1) is 11.8. The molecular formula is C16H22N6O2. The zero-order chi connectivity index (χ0) is 16.8. The van der Waals surface area contributed by atoms with Crippen LogP contribution in [0.3, 0.4) is 0 Å². The Morgan fingerprint density at radius 1 is 1.38 bits per heavy atom. The molecule has 0 aromatic carbocycles. The van der Waals surface area contributed by atoms with Crippen LogP contribution in [0.4, 0.5) is 11.6 Å². The first kappa shape index (κ1) is 16.4. The van der Waals surface area contributed by atoms with Crippen molar-refractivity contribution in [3.63, 3.8) is 0 Å². The van der Waals surface area contributed by atoms with Gasteiger partial charge in [-0.05, 0) is 31.4 Å². The number of rotatable bonds is 6. The van der Waals surface area contributed by atoms with E-state index in [1.54, 1.807) is 19.4 Å². The number of ether oxygens (including phenoxy) is 1. The summed E-state index contributed by atoms with van der Waals surface area (Å²) in [5.74, 6) is 2.26. The molecule has 8 nitrogen and oxygen atoms in total. The zero-order valence-corrected chi connectivity index (χ0v) is 13.7. The van der Waals surface area contributed by atoms with E-state index < -0.39 is 0 Å². The first-order valence-corrected chi connectivity index (χ1v) is 8.13. The second-order valence-electron chi connectivity index (χ2n) is 5.79. The van der Waals surface area contributed by atoms with E-state index in [4.69, 9.17) is 4.74 Å². The molecular weight excluding hydrogens is 308 g/mol. The highest BCUT2D eigenvalue weighted by Gasteiger charge is 2.23. The Labute approximate surface area is 140 Å². The Bertz CT molecular complexity index is 699. The maximum atomic E-state index is 11.2. The largest absolute Gasteiger partial charge is 0.377 e. The highest BCUT2D eigenvalue weighted by atomic mass is 16.5. The fraction of sp³-hybridized carbons (Fsp3) is 0.500. The SMILES string of the molecule is COCc1nccc(NCC2CCCCN2c2ccc(=O)[nH]n2)n1. The maximum absolute atomic E-state index is 11.2. The normalized spacial score (nSPS) is 17.7. The summed E-state index contributed by atoms with van der Waals surface area (Å²) in [5.41, 5.74) is -0.183. The number of anilines is 2. The number of hydrogen-bond donors (Lipinski definition) is 2. The van der Waals surface area contributed by atoms with Crippen LogP contribution in [0, 0.1) is 0 Å². The molecule has 0 amide bonds. The van der Waals surface area contributed by atoms with Crippen molar-refractivity contribution in [2.45, 2.75) is 31.9 Å². The molecule has 3 rings (SSSR count). The van der Waals surface area contributed by atoms with Crippen molar-refractivity contribution in [1.82, 2.24) is 20.2 Å². The van der Waals surface area contributed by atoms with Gasteiger partial charge in [0.2, 0.25) is 0 Å². The van der Waals surface area contributed by atoms with E-state index >= 15 is 0 Å². The van der Waals surface area contributed by atoms with Gasteiger partial charge in [0.25, 0.3) is 5.56 Å². The van der Waals surface area contributed by atoms with Gasteiger partial charge < -0.3 is 15.0 Å². The summed E-state index contributed by atoms with van der Waals surface area (Å²) in [7, 11) is 1.63. The molecule has 0 aliphatic carbocycles. The zero-order valence-electron chi connectivity index (χ0n) is 13.7. The molecule has 1 saturated heterocycles. The van der Waals surface area contributed by atoms with Crippen LogP contribution in [0.25, 0.3) is 0 Å². The van der Waals surface area contributed by atoms with Crippen molar-refractivity contribution in [2.75, 3.05) is 30.4 Å².